The maximum Gasteiger partial charge on any atom is 0.0386 e. The van der Waals surface area contributed by atoms with Crippen LogP contribution in [0, 0.1) is 0 Å². The van der Waals surface area contributed by atoms with E-state index in [0.29, 0.717) is 6.04 Å². The standard InChI is InChI=1S/C15H20N2S/c1-3-14-4-5-15(18-14)12(2)17-11-8-13-6-9-16-10-7-13/h4-7,9-10,12,17H,3,8,11H2,1-2H3. The summed E-state index contributed by atoms with van der Waals surface area (Å²) in [5.41, 5.74) is 1.34. The van der Waals surface area contributed by atoms with Crippen molar-refractivity contribution in [2.75, 3.05) is 6.54 Å². The minimum Gasteiger partial charge on any atom is -0.309 e. The van der Waals surface area contributed by atoms with Crippen molar-refractivity contribution in [3.05, 3.63) is 52.0 Å². The third-order valence-corrected chi connectivity index (χ3v) is 4.48. The van der Waals surface area contributed by atoms with E-state index in [1.165, 1.54) is 15.3 Å². The molecule has 0 saturated carbocycles. The molecule has 0 aliphatic rings. The zero-order chi connectivity index (χ0) is 12.8. The topological polar surface area (TPSA) is 24.9 Å². The Balaban J connectivity index is 1.79. The third-order valence-electron chi connectivity index (χ3n) is 3.07. The number of pyridine rings is 1. The van der Waals surface area contributed by atoms with Crippen molar-refractivity contribution in [2.24, 2.45) is 0 Å². The Morgan fingerprint density at radius 2 is 2.00 bits per heavy atom. The van der Waals surface area contributed by atoms with Gasteiger partial charge < -0.3 is 5.32 Å². The zero-order valence-corrected chi connectivity index (χ0v) is 11.8. The SMILES string of the molecule is CCc1ccc(C(C)NCCc2ccncc2)s1. The average molecular weight is 260 g/mol. The molecule has 2 aromatic heterocycles. The molecule has 0 saturated heterocycles. The fraction of sp³-hybridized carbons (Fsp3) is 0.400. The quantitative estimate of drug-likeness (QED) is 0.858. The van der Waals surface area contributed by atoms with Gasteiger partial charge in [-0.3, -0.25) is 4.98 Å². The zero-order valence-electron chi connectivity index (χ0n) is 11.0. The smallest absolute Gasteiger partial charge is 0.0386 e. The van der Waals surface area contributed by atoms with Crippen LogP contribution < -0.4 is 5.32 Å². The van der Waals surface area contributed by atoms with Crippen LogP contribution in [0.25, 0.3) is 0 Å². The van der Waals surface area contributed by atoms with Crippen LogP contribution in [0.2, 0.25) is 0 Å². The molecule has 0 spiro atoms. The Hall–Kier alpha value is -1.19. The van der Waals surface area contributed by atoms with Gasteiger partial charge in [-0.25, -0.2) is 0 Å². The number of hydrogen-bond donors (Lipinski definition) is 1. The van der Waals surface area contributed by atoms with Gasteiger partial charge in [0, 0.05) is 28.2 Å². The molecule has 18 heavy (non-hydrogen) atoms. The van der Waals surface area contributed by atoms with Crippen LogP contribution in [-0.4, -0.2) is 11.5 Å². The molecule has 2 rings (SSSR count). The van der Waals surface area contributed by atoms with Crippen molar-refractivity contribution in [1.29, 1.82) is 0 Å². The van der Waals surface area contributed by atoms with Gasteiger partial charge >= 0.3 is 0 Å². The van der Waals surface area contributed by atoms with Gasteiger partial charge in [0.1, 0.15) is 0 Å². The molecule has 0 amide bonds. The number of aryl methyl sites for hydroxylation is 1. The largest absolute Gasteiger partial charge is 0.309 e. The molecule has 0 radical (unpaired) electrons. The van der Waals surface area contributed by atoms with Gasteiger partial charge in [0.2, 0.25) is 0 Å². The highest BCUT2D eigenvalue weighted by molar-refractivity contribution is 7.12. The number of nitrogens with one attached hydrogen (secondary N) is 1. The highest BCUT2D eigenvalue weighted by Gasteiger charge is 2.07. The molecule has 1 N–H and O–H groups in total. The summed E-state index contributed by atoms with van der Waals surface area (Å²) < 4.78 is 0. The summed E-state index contributed by atoms with van der Waals surface area (Å²) in [6.45, 7) is 5.44. The molecule has 2 nitrogen and oxygen atoms in total. The van der Waals surface area contributed by atoms with Crippen molar-refractivity contribution in [3.63, 3.8) is 0 Å². The van der Waals surface area contributed by atoms with E-state index in [2.05, 4.69) is 48.4 Å². The molecule has 96 valence electrons. The fourth-order valence-electron chi connectivity index (χ4n) is 1.90. The summed E-state index contributed by atoms with van der Waals surface area (Å²) in [6, 6.07) is 9.07. The first kappa shape index (κ1) is 13.2. The molecular formula is C15H20N2S. The summed E-state index contributed by atoms with van der Waals surface area (Å²) in [7, 11) is 0. The van der Waals surface area contributed by atoms with Gasteiger partial charge in [-0.15, -0.1) is 11.3 Å². The molecule has 1 unspecified atom stereocenters. The second-order valence-electron chi connectivity index (χ2n) is 4.44. The number of aromatic nitrogens is 1. The molecular weight excluding hydrogens is 240 g/mol. The van der Waals surface area contributed by atoms with E-state index in [0.717, 1.165) is 19.4 Å². The first-order valence-electron chi connectivity index (χ1n) is 6.50. The Morgan fingerprint density at radius 3 is 2.67 bits per heavy atom. The van der Waals surface area contributed by atoms with Crippen LogP contribution in [0.3, 0.4) is 0 Å². The van der Waals surface area contributed by atoms with E-state index in [1.54, 1.807) is 0 Å². The number of nitrogens with zero attached hydrogens (tertiary/aromatic N) is 1. The highest BCUT2D eigenvalue weighted by atomic mass is 32.1. The van der Waals surface area contributed by atoms with Crippen molar-refractivity contribution in [1.82, 2.24) is 10.3 Å². The van der Waals surface area contributed by atoms with E-state index >= 15 is 0 Å². The number of hydrogen-bond acceptors (Lipinski definition) is 3. The van der Waals surface area contributed by atoms with Crippen LogP contribution in [0.1, 0.15) is 35.2 Å². The Morgan fingerprint density at radius 1 is 1.22 bits per heavy atom. The van der Waals surface area contributed by atoms with Crippen LogP contribution in [0.4, 0.5) is 0 Å². The van der Waals surface area contributed by atoms with E-state index in [-0.39, 0.29) is 0 Å². The maximum atomic E-state index is 4.03. The molecule has 2 heterocycles. The second-order valence-corrected chi connectivity index (χ2v) is 5.64. The van der Waals surface area contributed by atoms with Crippen LogP contribution in [0.15, 0.2) is 36.7 Å². The predicted molar refractivity (Wildman–Crippen MR) is 78.1 cm³/mol. The predicted octanol–water partition coefficient (Wildman–Crippen LogP) is 3.60. The van der Waals surface area contributed by atoms with Gasteiger partial charge in [0.15, 0.2) is 0 Å². The van der Waals surface area contributed by atoms with Crippen molar-refractivity contribution in [3.8, 4) is 0 Å². The van der Waals surface area contributed by atoms with Gasteiger partial charge in [-0.1, -0.05) is 6.92 Å². The lowest BCUT2D eigenvalue weighted by atomic mass is 10.2. The first-order chi connectivity index (χ1) is 8.79. The maximum absolute atomic E-state index is 4.03. The van der Waals surface area contributed by atoms with E-state index in [9.17, 15) is 0 Å². The Kier molecular flexibility index (Phi) is 4.90. The van der Waals surface area contributed by atoms with Crippen molar-refractivity contribution in [2.45, 2.75) is 32.7 Å². The second kappa shape index (κ2) is 6.66. The summed E-state index contributed by atoms with van der Waals surface area (Å²) in [4.78, 5) is 6.93. The van der Waals surface area contributed by atoms with Crippen molar-refractivity contribution >= 4 is 11.3 Å². The van der Waals surface area contributed by atoms with Gasteiger partial charge in [-0.05, 0) is 56.1 Å². The van der Waals surface area contributed by atoms with Crippen LogP contribution in [-0.2, 0) is 12.8 Å². The van der Waals surface area contributed by atoms with Gasteiger partial charge in [-0.2, -0.15) is 0 Å². The lowest BCUT2D eigenvalue weighted by molar-refractivity contribution is 0.584. The lowest BCUT2D eigenvalue weighted by Crippen LogP contribution is -2.20. The summed E-state index contributed by atoms with van der Waals surface area (Å²) in [5.74, 6) is 0. The number of thiophene rings is 1. The van der Waals surface area contributed by atoms with Crippen molar-refractivity contribution < 1.29 is 0 Å². The summed E-state index contributed by atoms with van der Waals surface area (Å²) in [5, 5.41) is 3.57. The van der Waals surface area contributed by atoms with Gasteiger partial charge in [0.05, 0.1) is 0 Å². The molecule has 0 aliphatic heterocycles. The third kappa shape index (κ3) is 3.65. The monoisotopic (exact) mass is 260 g/mol. The molecule has 0 fully saturated rings. The highest BCUT2D eigenvalue weighted by Crippen LogP contribution is 2.23. The van der Waals surface area contributed by atoms with Gasteiger partial charge in [0.25, 0.3) is 0 Å². The normalized spacial score (nSPS) is 12.6. The van der Waals surface area contributed by atoms with Crippen LogP contribution >= 0.6 is 11.3 Å². The number of rotatable bonds is 6. The van der Waals surface area contributed by atoms with E-state index < -0.39 is 0 Å². The minimum atomic E-state index is 0.442. The Labute approximate surface area is 113 Å². The average Bonchev–Trinajstić information content (AvgIpc) is 2.89. The molecule has 0 bridgehead atoms. The lowest BCUT2D eigenvalue weighted by Gasteiger charge is -2.11. The fourth-order valence-corrected chi connectivity index (χ4v) is 2.88. The Bertz CT molecular complexity index is 464. The molecule has 0 aliphatic carbocycles. The molecule has 1 atom stereocenters. The van der Waals surface area contributed by atoms with E-state index in [1.807, 2.05) is 23.7 Å². The van der Waals surface area contributed by atoms with E-state index in [4.69, 9.17) is 0 Å². The first-order valence-corrected chi connectivity index (χ1v) is 7.32. The summed E-state index contributed by atoms with van der Waals surface area (Å²) >= 11 is 1.91. The molecule has 3 heteroatoms. The van der Waals surface area contributed by atoms with Crippen LogP contribution in [0.5, 0.6) is 0 Å². The minimum absolute atomic E-state index is 0.442. The molecule has 2 aromatic rings. The molecule has 0 aromatic carbocycles. The summed E-state index contributed by atoms with van der Waals surface area (Å²) in [6.07, 6.45) is 5.89.